The summed E-state index contributed by atoms with van der Waals surface area (Å²) in [6, 6.07) is 18.6. The second kappa shape index (κ2) is 12.4. The molecule has 0 radical (unpaired) electrons. The van der Waals surface area contributed by atoms with E-state index in [1.807, 2.05) is 53.4 Å². The summed E-state index contributed by atoms with van der Waals surface area (Å²) in [5.74, 6) is -1.88. The van der Waals surface area contributed by atoms with E-state index in [0.29, 0.717) is 30.2 Å². The summed E-state index contributed by atoms with van der Waals surface area (Å²) in [7, 11) is 0. The predicted molar refractivity (Wildman–Crippen MR) is 148 cm³/mol. The van der Waals surface area contributed by atoms with Crippen LogP contribution in [0.15, 0.2) is 66.7 Å². The van der Waals surface area contributed by atoms with Gasteiger partial charge in [0.15, 0.2) is 11.6 Å². The Morgan fingerprint density at radius 3 is 1.62 bits per heavy atom. The highest BCUT2D eigenvalue weighted by Gasteiger charge is 2.23. The average Bonchev–Trinajstić information content (AvgIpc) is 3.67. The van der Waals surface area contributed by atoms with Gasteiger partial charge in [0.05, 0.1) is 12.1 Å². The standard InChI is InChI=1S/C30H33F2N5O2/c31-25-14-13-24(17-26(25)32)37(18-20-5-9-22(10-6-20)35-29(38)27-3-1-15-33-27)19-21-7-11-23(12-8-21)36-30(39)28-4-2-16-34-28/h5-14,17,27-28,33-34H,1-4,15-16,18-19H2,(H,35,38)(H,36,39)/t27-,28-/m0/s1. The molecule has 4 N–H and O–H groups in total. The Hall–Kier alpha value is -3.82. The first-order valence-corrected chi connectivity index (χ1v) is 13.4. The molecule has 204 valence electrons. The van der Waals surface area contributed by atoms with Crippen molar-refractivity contribution in [1.29, 1.82) is 0 Å². The molecule has 2 aliphatic rings. The normalized spacial score (nSPS) is 18.6. The van der Waals surface area contributed by atoms with E-state index in [0.717, 1.165) is 56.0 Å². The molecule has 2 atom stereocenters. The fourth-order valence-electron chi connectivity index (χ4n) is 5.02. The van der Waals surface area contributed by atoms with Gasteiger partial charge >= 0.3 is 0 Å². The largest absolute Gasteiger partial charge is 0.363 e. The van der Waals surface area contributed by atoms with E-state index < -0.39 is 11.6 Å². The van der Waals surface area contributed by atoms with Gasteiger partial charge in [-0.2, -0.15) is 0 Å². The maximum atomic E-state index is 14.1. The van der Waals surface area contributed by atoms with Crippen molar-refractivity contribution < 1.29 is 18.4 Å². The third-order valence-electron chi connectivity index (χ3n) is 7.21. The van der Waals surface area contributed by atoms with Gasteiger partial charge in [0.25, 0.3) is 0 Å². The van der Waals surface area contributed by atoms with E-state index in [4.69, 9.17) is 0 Å². The number of nitrogens with zero attached hydrogens (tertiary/aromatic N) is 1. The zero-order valence-corrected chi connectivity index (χ0v) is 21.7. The Bertz CT molecular complexity index is 1210. The highest BCUT2D eigenvalue weighted by molar-refractivity contribution is 5.95. The average molecular weight is 534 g/mol. The number of carbonyl (C=O) groups is 2. The van der Waals surface area contributed by atoms with E-state index in [1.54, 1.807) is 6.07 Å². The Morgan fingerprint density at radius 2 is 1.21 bits per heavy atom. The number of hydrogen-bond acceptors (Lipinski definition) is 5. The van der Waals surface area contributed by atoms with E-state index in [9.17, 15) is 18.4 Å². The van der Waals surface area contributed by atoms with Crippen molar-refractivity contribution in [1.82, 2.24) is 10.6 Å². The quantitative estimate of drug-likeness (QED) is 0.324. The Labute approximate surface area is 227 Å². The summed E-state index contributed by atoms with van der Waals surface area (Å²) < 4.78 is 27.8. The maximum Gasteiger partial charge on any atom is 0.241 e. The van der Waals surface area contributed by atoms with E-state index in [-0.39, 0.29) is 23.9 Å². The minimum atomic E-state index is -0.908. The highest BCUT2D eigenvalue weighted by atomic mass is 19.2. The fraction of sp³-hybridized carbons (Fsp3) is 0.333. The molecule has 3 aromatic carbocycles. The molecule has 39 heavy (non-hydrogen) atoms. The zero-order chi connectivity index (χ0) is 27.2. The van der Waals surface area contributed by atoms with Gasteiger partial charge in [-0.25, -0.2) is 8.78 Å². The van der Waals surface area contributed by atoms with Gasteiger partial charge in [-0.05, 0) is 86.3 Å². The van der Waals surface area contributed by atoms with Crippen molar-refractivity contribution >= 4 is 28.9 Å². The summed E-state index contributed by atoms with van der Waals surface area (Å²) in [6.45, 7) is 2.59. The molecule has 2 amide bonds. The molecule has 0 aromatic heterocycles. The Morgan fingerprint density at radius 1 is 0.718 bits per heavy atom. The van der Waals surface area contributed by atoms with Gasteiger partial charge < -0.3 is 26.2 Å². The van der Waals surface area contributed by atoms with E-state index in [2.05, 4.69) is 21.3 Å². The van der Waals surface area contributed by atoms with Crippen molar-refractivity contribution in [3.63, 3.8) is 0 Å². The first kappa shape index (κ1) is 26.8. The van der Waals surface area contributed by atoms with Crippen LogP contribution in [0.25, 0.3) is 0 Å². The monoisotopic (exact) mass is 533 g/mol. The van der Waals surface area contributed by atoms with Crippen LogP contribution in [-0.2, 0) is 22.7 Å². The van der Waals surface area contributed by atoms with Gasteiger partial charge in [-0.3, -0.25) is 9.59 Å². The lowest BCUT2D eigenvalue weighted by atomic mass is 10.1. The summed E-state index contributed by atoms with van der Waals surface area (Å²) in [5, 5.41) is 12.3. The van der Waals surface area contributed by atoms with Crippen molar-refractivity contribution in [3.05, 3.63) is 89.5 Å². The number of amides is 2. The number of anilines is 3. The Kier molecular flexibility index (Phi) is 8.48. The molecule has 2 saturated heterocycles. The van der Waals surface area contributed by atoms with Crippen LogP contribution in [0.1, 0.15) is 36.8 Å². The number of carbonyl (C=O) groups excluding carboxylic acids is 2. The zero-order valence-electron chi connectivity index (χ0n) is 21.7. The lowest BCUT2D eigenvalue weighted by molar-refractivity contribution is -0.118. The second-order valence-corrected chi connectivity index (χ2v) is 10.1. The fourth-order valence-corrected chi connectivity index (χ4v) is 5.02. The van der Waals surface area contributed by atoms with Crippen LogP contribution in [0.2, 0.25) is 0 Å². The van der Waals surface area contributed by atoms with Crippen LogP contribution in [0.4, 0.5) is 25.8 Å². The van der Waals surface area contributed by atoms with Gasteiger partial charge in [0.2, 0.25) is 11.8 Å². The van der Waals surface area contributed by atoms with Crippen LogP contribution >= 0.6 is 0 Å². The number of benzene rings is 3. The molecule has 5 rings (SSSR count). The maximum absolute atomic E-state index is 14.1. The molecule has 3 aromatic rings. The van der Waals surface area contributed by atoms with Crippen LogP contribution in [0.3, 0.4) is 0 Å². The van der Waals surface area contributed by atoms with Gasteiger partial charge in [-0.1, -0.05) is 24.3 Å². The van der Waals surface area contributed by atoms with E-state index >= 15 is 0 Å². The molecule has 0 unspecified atom stereocenters. The lowest BCUT2D eigenvalue weighted by Crippen LogP contribution is -2.35. The van der Waals surface area contributed by atoms with Crippen LogP contribution in [0.5, 0.6) is 0 Å². The first-order chi connectivity index (χ1) is 18.9. The highest BCUT2D eigenvalue weighted by Crippen LogP contribution is 2.24. The van der Waals surface area contributed by atoms with Gasteiger partial charge in [0, 0.05) is 36.2 Å². The topological polar surface area (TPSA) is 85.5 Å². The first-order valence-electron chi connectivity index (χ1n) is 13.4. The SMILES string of the molecule is O=C(Nc1ccc(CN(Cc2ccc(NC(=O)[C@@H]3CCCN3)cc2)c2ccc(F)c(F)c2)cc1)[C@@H]1CCCN1. The van der Waals surface area contributed by atoms with Crippen LogP contribution in [-0.4, -0.2) is 37.0 Å². The minimum absolute atomic E-state index is 0.0391. The predicted octanol–water partition coefficient (Wildman–Crippen LogP) is 4.55. The molecule has 2 fully saturated rings. The second-order valence-electron chi connectivity index (χ2n) is 10.1. The van der Waals surface area contributed by atoms with Crippen molar-refractivity contribution in [3.8, 4) is 0 Å². The summed E-state index contributed by atoms with van der Waals surface area (Å²) >= 11 is 0. The van der Waals surface area contributed by atoms with Crippen molar-refractivity contribution in [2.45, 2.75) is 50.9 Å². The molecule has 2 aliphatic heterocycles. The van der Waals surface area contributed by atoms with Crippen molar-refractivity contribution in [2.75, 3.05) is 28.6 Å². The number of halogens is 2. The third kappa shape index (κ3) is 6.99. The van der Waals surface area contributed by atoms with Crippen LogP contribution in [0, 0.1) is 11.6 Å². The Balaban J connectivity index is 1.27. The minimum Gasteiger partial charge on any atom is -0.363 e. The molecular formula is C30H33F2N5O2. The number of nitrogens with one attached hydrogen (secondary N) is 4. The van der Waals surface area contributed by atoms with Gasteiger partial charge in [0.1, 0.15) is 0 Å². The van der Waals surface area contributed by atoms with Gasteiger partial charge in [-0.15, -0.1) is 0 Å². The third-order valence-corrected chi connectivity index (χ3v) is 7.21. The molecule has 0 aliphatic carbocycles. The summed E-state index contributed by atoms with van der Waals surface area (Å²) in [6.07, 6.45) is 3.65. The molecule has 0 bridgehead atoms. The summed E-state index contributed by atoms with van der Waals surface area (Å²) in [4.78, 5) is 26.8. The van der Waals surface area contributed by atoms with Crippen molar-refractivity contribution in [2.24, 2.45) is 0 Å². The summed E-state index contributed by atoms with van der Waals surface area (Å²) in [5.41, 5.74) is 3.86. The number of rotatable bonds is 9. The molecule has 9 heteroatoms. The van der Waals surface area contributed by atoms with E-state index in [1.165, 1.54) is 6.07 Å². The molecule has 7 nitrogen and oxygen atoms in total. The molecular weight excluding hydrogens is 500 g/mol. The molecule has 2 heterocycles. The molecule has 0 spiro atoms. The lowest BCUT2D eigenvalue weighted by Gasteiger charge is -2.26. The number of hydrogen-bond donors (Lipinski definition) is 4. The smallest absolute Gasteiger partial charge is 0.241 e. The van der Waals surface area contributed by atoms with Crippen LogP contribution < -0.4 is 26.2 Å². The molecule has 0 saturated carbocycles.